The van der Waals surface area contributed by atoms with E-state index in [4.69, 9.17) is 5.73 Å². The fourth-order valence-electron chi connectivity index (χ4n) is 3.25. The van der Waals surface area contributed by atoms with Gasteiger partial charge in [-0.3, -0.25) is 9.59 Å². The Hall–Kier alpha value is -2.83. The molecule has 5 N–H and O–H groups in total. The van der Waals surface area contributed by atoms with Gasteiger partial charge in [0.1, 0.15) is 0 Å². The van der Waals surface area contributed by atoms with Crippen LogP contribution in [-0.2, 0) is 17.6 Å². The van der Waals surface area contributed by atoms with Crippen molar-refractivity contribution in [2.75, 3.05) is 18.8 Å². The fourth-order valence-corrected chi connectivity index (χ4v) is 3.25. The van der Waals surface area contributed by atoms with Crippen LogP contribution in [-0.4, -0.2) is 34.9 Å². The summed E-state index contributed by atoms with van der Waals surface area (Å²) in [6.45, 7) is 3.05. The SMILES string of the molecule is CCCCCc1ccc(C(=O)NCCNC(=O)CCCCCc2cnc(N)[nH]2)cc1. The largest absolute Gasteiger partial charge is 0.369 e. The maximum atomic E-state index is 12.2. The molecule has 2 amide bonds. The molecule has 0 fully saturated rings. The summed E-state index contributed by atoms with van der Waals surface area (Å²) in [5.41, 5.74) is 8.48. The number of nitrogens with zero attached hydrogens (tertiary/aromatic N) is 1. The molecule has 0 aliphatic rings. The second-order valence-electron chi connectivity index (χ2n) is 7.61. The number of benzene rings is 1. The van der Waals surface area contributed by atoms with Crippen LogP contribution in [0.4, 0.5) is 5.95 Å². The number of unbranched alkanes of at least 4 members (excludes halogenated alkanes) is 4. The monoisotopic (exact) mass is 413 g/mol. The van der Waals surface area contributed by atoms with E-state index in [0.717, 1.165) is 37.8 Å². The first-order valence-electron chi connectivity index (χ1n) is 11.0. The van der Waals surface area contributed by atoms with Crippen LogP contribution in [0.1, 0.15) is 73.5 Å². The van der Waals surface area contributed by atoms with Crippen molar-refractivity contribution in [1.82, 2.24) is 20.6 Å². The van der Waals surface area contributed by atoms with Gasteiger partial charge in [0.2, 0.25) is 5.91 Å². The number of aromatic amines is 1. The van der Waals surface area contributed by atoms with E-state index in [-0.39, 0.29) is 11.8 Å². The molecule has 1 aromatic carbocycles. The topological polar surface area (TPSA) is 113 Å². The molecule has 2 aromatic rings. The Morgan fingerprint density at radius 1 is 0.967 bits per heavy atom. The molecule has 0 atom stereocenters. The third-order valence-electron chi connectivity index (χ3n) is 5.02. The molecular weight excluding hydrogens is 378 g/mol. The average Bonchev–Trinajstić information content (AvgIpc) is 3.16. The van der Waals surface area contributed by atoms with Gasteiger partial charge < -0.3 is 21.4 Å². The number of imidazole rings is 1. The molecule has 0 spiro atoms. The number of nitrogen functional groups attached to an aromatic ring is 1. The molecule has 0 bridgehead atoms. The van der Waals surface area contributed by atoms with Crippen LogP contribution >= 0.6 is 0 Å². The molecule has 1 aromatic heterocycles. The highest BCUT2D eigenvalue weighted by atomic mass is 16.2. The van der Waals surface area contributed by atoms with E-state index >= 15 is 0 Å². The molecule has 30 heavy (non-hydrogen) atoms. The quantitative estimate of drug-likeness (QED) is 0.356. The number of nitrogens with two attached hydrogens (primary N) is 1. The first-order valence-corrected chi connectivity index (χ1v) is 11.0. The maximum Gasteiger partial charge on any atom is 0.251 e. The summed E-state index contributed by atoms with van der Waals surface area (Å²) in [7, 11) is 0. The Morgan fingerprint density at radius 2 is 1.70 bits per heavy atom. The van der Waals surface area contributed by atoms with Gasteiger partial charge in [-0.1, -0.05) is 38.3 Å². The Kier molecular flexibility index (Phi) is 10.5. The summed E-state index contributed by atoms with van der Waals surface area (Å²) in [5, 5.41) is 5.70. The summed E-state index contributed by atoms with van der Waals surface area (Å²) in [6, 6.07) is 7.78. The highest BCUT2D eigenvalue weighted by Gasteiger charge is 2.06. The molecule has 7 nitrogen and oxygen atoms in total. The van der Waals surface area contributed by atoms with E-state index in [1.165, 1.54) is 24.8 Å². The minimum atomic E-state index is -0.108. The highest BCUT2D eigenvalue weighted by Crippen LogP contribution is 2.09. The van der Waals surface area contributed by atoms with Gasteiger partial charge in [0, 0.05) is 30.8 Å². The van der Waals surface area contributed by atoms with Gasteiger partial charge in [-0.25, -0.2) is 4.98 Å². The highest BCUT2D eigenvalue weighted by molar-refractivity contribution is 5.94. The Labute approximate surface area is 179 Å². The summed E-state index contributed by atoms with van der Waals surface area (Å²) in [6.07, 6.45) is 10.6. The number of H-pyrrole nitrogens is 1. The molecule has 1 heterocycles. The van der Waals surface area contributed by atoms with Crippen molar-refractivity contribution in [3.05, 3.63) is 47.3 Å². The summed E-state index contributed by atoms with van der Waals surface area (Å²) in [5.74, 6) is 0.353. The minimum absolute atomic E-state index is 0.0199. The summed E-state index contributed by atoms with van der Waals surface area (Å²) < 4.78 is 0. The smallest absolute Gasteiger partial charge is 0.251 e. The normalized spacial score (nSPS) is 10.7. The lowest BCUT2D eigenvalue weighted by Gasteiger charge is -2.08. The van der Waals surface area contributed by atoms with Crippen molar-refractivity contribution in [2.24, 2.45) is 0 Å². The van der Waals surface area contributed by atoms with Crippen LogP contribution in [0, 0.1) is 0 Å². The van der Waals surface area contributed by atoms with Gasteiger partial charge in [0.05, 0.1) is 6.20 Å². The number of amides is 2. The number of carbonyl (C=O) groups is 2. The van der Waals surface area contributed by atoms with Gasteiger partial charge in [-0.2, -0.15) is 0 Å². The first kappa shape index (κ1) is 23.4. The van der Waals surface area contributed by atoms with E-state index < -0.39 is 0 Å². The Morgan fingerprint density at radius 3 is 2.40 bits per heavy atom. The van der Waals surface area contributed by atoms with Crippen LogP contribution in [0.3, 0.4) is 0 Å². The lowest BCUT2D eigenvalue weighted by Crippen LogP contribution is -2.34. The van der Waals surface area contributed by atoms with Crippen LogP contribution in [0.15, 0.2) is 30.5 Å². The summed E-state index contributed by atoms with van der Waals surface area (Å²) >= 11 is 0. The molecule has 0 saturated heterocycles. The molecule has 7 heteroatoms. The van der Waals surface area contributed by atoms with Crippen molar-refractivity contribution in [2.45, 2.75) is 64.7 Å². The van der Waals surface area contributed by atoms with Crippen LogP contribution in [0.25, 0.3) is 0 Å². The van der Waals surface area contributed by atoms with E-state index in [2.05, 4.69) is 27.5 Å². The van der Waals surface area contributed by atoms with E-state index in [0.29, 0.717) is 31.0 Å². The average molecular weight is 414 g/mol. The molecule has 2 rings (SSSR count). The maximum absolute atomic E-state index is 12.2. The lowest BCUT2D eigenvalue weighted by molar-refractivity contribution is -0.121. The number of rotatable bonds is 14. The van der Waals surface area contributed by atoms with Gasteiger partial charge in [0.25, 0.3) is 5.91 Å². The number of aromatic nitrogens is 2. The van der Waals surface area contributed by atoms with Gasteiger partial charge in [-0.15, -0.1) is 0 Å². The van der Waals surface area contributed by atoms with Gasteiger partial charge in [-0.05, 0) is 49.8 Å². The third kappa shape index (κ3) is 9.11. The number of carbonyl (C=O) groups excluding carboxylic acids is 2. The zero-order valence-corrected chi connectivity index (χ0v) is 18.0. The van der Waals surface area contributed by atoms with Crippen molar-refractivity contribution in [1.29, 1.82) is 0 Å². The van der Waals surface area contributed by atoms with E-state index in [9.17, 15) is 9.59 Å². The molecule has 164 valence electrons. The van der Waals surface area contributed by atoms with Crippen LogP contribution < -0.4 is 16.4 Å². The molecule has 0 saturated carbocycles. The second kappa shape index (κ2) is 13.4. The number of nitrogens with one attached hydrogen (secondary N) is 3. The van der Waals surface area contributed by atoms with E-state index in [1.54, 1.807) is 6.20 Å². The van der Waals surface area contributed by atoms with Gasteiger partial charge >= 0.3 is 0 Å². The predicted molar refractivity (Wildman–Crippen MR) is 120 cm³/mol. The van der Waals surface area contributed by atoms with Gasteiger partial charge in [0.15, 0.2) is 5.95 Å². The minimum Gasteiger partial charge on any atom is -0.369 e. The molecular formula is C23H35N5O2. The zero-order valence-electron chi connectivity index (χ0n) is 18.0. The molecule has 0 aliphatic carbocycles. The number of hydrogen-bond acceptors (Lipinski definition) is 4. The van der Waals surface area contributed by atoms with Crippen molar-refractivity contribution < 1.29 is 9.59 Å². The standard InChI is InChI=1S/C23H35N5O2/c1-2-3-5-8-18-11-13-19(14-12-18)22(30)26-16-15-25-21(29)10-7-4-6-9-20-17-27-23(24)28-20/h11-14,17H,2-10,15-16H2,1H3,(H,25,29)(H,26,30)(H3,24,27,28). The van der Waals surface area contributed by atoms with Crippen molar-refractivity contribution in [3.63, 3.8) is 0 Å². The predicted octanol–water partition coefficient (Wildman–Crippen LogP) is 3.37. The number of anilines is 1. The zero-order chi connectivity index (χ0) is 21.6. The van der Waals surface area contributed by atoms with Crippen molar-refractivity contribution >= 4 is 17.8 Å². The van der Waals surface area contributed by atoms with Crippen LogP contribution in [0.2, 0.25) is 0 Å². The van der Waals surface area contributed by atoms with E-state index in [1.807, 2.05) is 24.3 Å². The number of aryl methyl sites for hydroxylation is 2. The lowest BCUT2D eigenvalue weighted by atomic mass is 10.1. The van der Waals surface area contributed by atoms with Crippen molar-refractivity contribution in [3.8, 4) is 0 Å². The Balaban J connectivity index is 1.51. The fraction of sp³-hybridized carbons (Fsp3) is 0.522. The first-order chi connectivity index (χ1) is 14.6. The number of hydrogen-bond donors (Lipinski definition) is 4. The summed E-state index contributed by atoms with van der Waals surface area (Å²) in [4.78, 5) is 31.0. The molecule has 0 aliphatic heterocycles. The second-order valence-corrected chi connectivity index (χ2v) is 7.61. The Bertz CT molecular complexity index is 770. The molecule has 0 unspecified atom stereocenters. The third-order valence-corrected chi connectivity index (χ3v) is 5.02. The molecule has 0 radical (unpaired) electrons. The van der Waals surface area contributed by atoms with Crippen LogP contribution in [0.5, 0.6) is 0 Å².